The first-order valence-corrected chi connectivity index (χ1v) is 9.63. The molecule has 0 bridgehead atoms. The van der Waals surface area contributed by atoms with E-state index in [1.807, 2.05) is 9.80 Å². The molecule has 0 aromatic carbocycles. The van der Waals surface area contributed by atoms with Crippen molar-refractivity contribution >= 4 is 23.7 Å². The van der Waals surface area contributed by atoms with Crippen LogP contribution in [0.15, 0.2) is 4.99 Å². The summed E-state index contributed by atoms with van der Waals surface area (Å²) in [5.41, 5.74) is 0. The molecule has 0 radical (unpaired) electrons. The van der Waals surface area contributed by atoms with E-state index >= 15 is 0 Å². The standard InChI is InChI=1S/C18H32N6O4/c1-21(2)15(25)12-19-18(20-13-16(26)22(3)4)24-9-7-23(8-10-24)17(27)14-6-5-11-28-14/h14H,5-13H2,1-4H3,(H,19,20). The van der Waals surface area contributed by atoms with Crippen LogP contribution < -0.4 is 5.32 Å². The average Bonchev–Trinajstić information content (AvgIpc) is 3.21. The molecule has 0 saturated carbocycles. The van der Waals surface area contributed by atoms with Gasteiger partial charge in [-0.2, -0.15) is 0 Å². The quantitative estimate of drug-likeness (QED) is 0.446. The van der Waals surface area contributed by atoms with Gasteiger partial charge in [0.1, 0.15) is 12.6 Å². The van der Waals surface area contributed by atoms with Gasteiger partial charge in [0, 0.05) is 61.0 Å². The second-order valence-corrected chi connectivity index (χ2v) is 7.38. The fraction of sp³-hybridized carbons (Fsp3) is 0.778. The lowest BCUT2D eigenvalue weighted by Gasteiger charge is -2.37. The number of hydrogen-bond donors (Lipinski definition) is 1. The van der Waals surface area contributed by atoms with Gasteiger partial charge in [-0.3, -0.25) is 14.4 Å². The minimum absolute atomic E-state index is 0.000543. The first-order valence-electron chi connectivity index (χ1n) is 9.63. The number of hydrogen-bond acceptors (Lipinski definition) is 5. The number of nitrogens with one attached hydrogen (secondary N) is 1. The summed E-state index contributed by atoms with van der Waals surface area (Å²) in [4.78, 5) is 47.5. The Morgan fingerprint density at radius 1 is 1.00 bits per heavy atom. The lowest BCUT2D eigenvalue weighted by molar-refractivity contribution is -0.142. The van der Waals surface area contributed by atoms with Crippen LogP contribution in [0.5, 0.6) is 0 Å². The summed E-state index contributed by atoms with van der Waals surface area (Å²) in [6, 6.07) is 0. The molecular formula is C18H32N6O4. The molecule has 0 aromatic rings. The molecule has 1 N–H and O–H groups in total. The van der Waals surface area contributed by atoms with E-state index in [4.69, 9.17) is 4.74 Å². The van der Waals surface area contributed by atoms with Crippen molar-refractivity contribution in [1.82, 2.24) is 24.9 Å². The lowest BCUT2D eigenvalue weighted by Crippen LogP contribution is -2.56. The van der Waals surface area contributed by atoms with Crippen molar-refractivity contribution in [3.8, 4) is 0 Å². The van der Waals surface area contributed by atoms with Gasteiger partial charge in [0.15, 0.2) is 5.96 Å². The highest BCUT2D eigenvalue weighted by Crippen LogP contribution is 2.16. The molecule has 2 saturated heterocycles. The molecule has 158 valence electrons. The van der Waals surface area contributed by atoms with Gasteiger partial charge in [0.2, 0.25) is 11.8 Å². The van der Waals surface area contributed by atoms with E-state index in [0.29, 0.717) is 38.7 Å². The first-order chi connectivity index (χ1) is 13.3. The minimum Gasteiger partial charge on any atom is -0.368 e. The van der Waals surface area contributed by atoms with Gasteiger partial charge >= 0.3 is 0 Å². The zero-order valence-corrected chi connectivity index (χ0v) is 17.3. The molecule has 2 heterocycles. The second kappa shape index (κ2) is 10.3. The van der Waals surface area contributed by atoms with Gasteiger partial charge in [0.05, 0.1) is 6.54 Å². The van der Waals surface area contributed by atoms with Crippen molar-refractivity contribution in [2.24, 2.45) is 4.99 Å². The third-order valence-electron chi connectivity index (χ3n) is 4.86. The van der Waals surface area contributed by atoms with Crippen LogP contribution in [0.25, 0.3) is 0 Å². The number of likely N-dealkylation sites (N-methyl/N-ethyl adjacent to an activating group) is 2. The number of carbonyl (C=O) groups is 3. The summed E-state index contributed by atoms with van der Waals surface area (Å²) >= 11 is 0. The maximum Gasteiger partial charge on any atom is 0.251 e. The third-order valence-corrected chi connectivity index (χ3v) is 4.86. The number of carbonyl (C=O) groups excluding carboxylic acids is 3. The van der Waals surface area contributed by atoms with E-state index in [1.54, 1.807) is 28.2 Å². The largest absolute Gasteiger partial charge is 0.368 e. The van der Waals surface area contributed by atoms with E-state index in [1.165, 1.54) is 9.80 Å². The van der Waals surface area contributed by atoms with Crippen LogP contribution in [-0.2, 0) is 19.1 Å². The third kappa shape index (κ3) is 6.08. The van der Waals surface area contributed by atoms with Crippen molar-refractivity contribution in [3.63, 3.8) is 0 Å². The number of rotatable bonds is 5. The van der Waals surface area contributed by atoms with Crippen molar-refractivity contribution in [1.29, 1.82) is 0 Å². The second-order valence-electron chi connectivity index (χ2n) is 7.38. The Labute approximate surface area is 166 Å². The molecule has 2 fully saturated rings. The highest BCUT2D eigenvalue weighted by atomic mass is 16.5. The maximum absolute atomic E-state index is 12.5. The molecule has 3 amide bonds. The summed E-state index contributed by atoms with van der Waals surface area (Å²) in [5, 5.41) is 3.05. The zero-order chi connectivity index (χ0) is 20.7. The Bertz CT molecular complexity index is 593. The van der Waals surface area contributed by atoms with Gasteiger partial charge < -0.3 is 29.7 Å². The number of ether oxygens (including phenoxy) is 1. The monoisotopic (exact) mass is 396 g/mol. The van der Waals surface area contributed by atoms with Crippen molar-refractivity contribution in [3.05, 3.63) is 0 Å². The number of amides is 3. The Kier molecular flexibility index (Phi) is 8.04. The van der Waals surface area contributed by atoms with Crippen LogP contribution in [0.1, 0.15) is 12.8 Å². The fourth-order valence-corrected chi connectivity index (χ4v) is 2.98. The van der Waals surface area contributed by atoms with Gasteiger partial charge in [-0.15, -0.1) is 0 Å². The smallest absolute Gasteiger partial charge is 0.251 e. The summed E-state index contributed by atoms with van der Waals surface area (Å²) in [6.07, 6.45) is 1.40. The van der Waals surface area contributed by atoms with Gasteiger partial charge in [-0.25, -0.2) is 4.99 Å². The molecule has 28 heavy (non-hydrogen) atoms. The van der Waals surface area contributed by atoms with Crippen LogP contribution in [-0.4, -0.2) is 123 Å². The molecule has 2 aliphatic rings. The number of nitrogens with zero attached hydrogens (tertiary/aromatic N) is 5. The molecular weight excluding hydrogens is 364 g/mol. The summed E-state index contributed by atoms with van der Waals surface area (Å²) in [5.74, 6) is 0.355. The molecule has 1 unspecified atom stereocenters. The molecule has 0 spiro atoms. The fourth-order valence-electron chi connectivity index (χ4n) is 2.98. The van der Waals surface area contributed by atoms with E-state index in [9.17, 15) is 14.4 Å². The van der Waals surface area contributed by atoms with E-state index < -0.39 is 0 Å². The van der Waals surface area contributed by atoms with E-state index in [0.717, 1.165) is 12.8 Å². The Balaban J connectivity index is 1.96. The predicted octanol–water partition coefficient (Wildman–Crippen LogP) is -1.57. The summed E-state index contributed by atoms with van der Waals surface area (Å²) in [6.45, 7) is 3.02. The summed E-state index contributed by atoms with van der Waals surface area (Å²) < 4.78 is 5.49. The lowest BCUT2D eigenvalue weighted by atomic mass is 10.2. The molecule has 0 aromatic heterocycles. The number of guanidine groups is 1. The first kappa shape index (κ1) is 21.9. The highest BCUT2D eigenvalue weighted by Gasteiger charge is 2.31. The van der Waals surface area contributed by atoms with Gasteiger partial charge in [-0.05, 0) is 12.8 Å². The van der Waals surface area contributed by atoms with Crippen LogP contribution >= 0.6 is 0 Å². The van der Waals surface area contributed by atoms with E-state index in [-0.39, 0.29) is 36.9 Å². The molecule has 10 nitrogen and oxygen atoms in total. The SMILES string of the molecule is CN(C)C(=O)CN=C(NCC(=O)N(C)C)N1CCN(C(=O)C2CCCO2)CC1. The molecule has 10 heteroatoms. The number of piperazine rings is 1. The topological polar surface area (TPSA) is 97.8 Å². The van der Waals surface area contributed by atoms with Gasteiger partial charge in [-0.1, -0.05) is 0 Å². The van der Waals surface area contributed by atoms with Crippen molar-refractivity contribution in [2.75, 3.05) is 74.1 Å². The van der Waals surface area contributed by atoms with Crippen LogP contribution in [0.4, 0.5) is 0 Å². The highest BCUT2D eigenvalue weighted by molar-refractivity contribution is 5.88. The Hall–Kier alpha value is -2.36. The van der Waals surface area contributed by atoms with E-state index in [2.05, 4.69) is 10.3 Å². The van der Waals surface area contributed by atoms with Crippen LogP contribution in [0.2, 0.25) is 0 Å². The normalized spacial score (nSPS) is 20.1. The van der Waals surface area contributed by atoms with Crippen molar-refractivity contribution in [2.45, 2.75) is 18.9 Å². The zero-order valence-electron chi connectivity index (χ0n) is 17.3. The number of aliphatic imine (C=N–C) groups is 1. The maximum atomic E-state index is 12.5. The predicted molar refractivity (Wildman–Crippen MR) is 105 cm³/mol. The Morgan fingerprint density at radius 2 is 1.61 bits per heavy atom. The van der Waals surface area contributed by atoms with Crippen LogP contribution in [0, 0.1) is 0 Å². The van der Waals surface area contributed by atoms with Gasteiger partial charge in [0.25, 0.3) is 5.91 Å². The Morgan fingerprint density at radius 3 is 2.14 bits per heavy atom. The van der Waals surface area contributed by atoms with Crippen LogP contribution in [0.3, 0.4) is 0 Å². The molecule has 1 atom stereocenters. The summed E-state index contributed by atoms with van der Waals surface area (Å²) in [7, 11) is 6.73. The average molecular weight is 396 g/mol. The van der Waals surface area contributed by atoms with Crippen molar-refractivity contribution < 1.29 is 19.1 Å². The molecule has 0 aliphatic carbocycles. The molecule has 2 rings (SSSR count). The molecule has 2 aliphatic heterocycles. The minimum atomic E-state index is -0.312.